The summed E-state index contributed by atoms with van der Waals surface area (Å²) in [5.74, 6) is 0.385. The minimum atomic E-state index is 0.0991. The fraction of sp³-hybridized carbons (Fsp3) is 0. The third kappa shape index (κ3) is 3.13. The van der Waals surface area contributed by atoms with Crippen molar-refractivity contribution in [2.75, 3.05) is 5.32 Å². The maximum atomic E-state index is 6.01. The molecule has 0 aliphatic heterocycles. The Hall–Kier alpha value is -0.740. The van der Waals surface area contributed by atoms with Crippen LogP contribution in [0.5, 0.6) is 0 Å². The highest BCUT2D eigenvalue weighted by Crippen LogP contribution is 2.30. The minimum Gasteiger partial charge on any atom is -0.338 e. The summed E-state index contributed by atoms with van der Waals surface area (Å²) in [5.41, 5.74) is 0.632. The maximum absolute atomic E-state index is 6.01. The summed E-state index contributed by atoms with van der Waals surface area (Å²) in [4.78, 5) is 7.70. The van der Waals surface area contributed by atoms with Crippen molar-refractivity contribution in [3.05, 3.63) is 44.7 Å². The first-order valence-electron chi connectivity index (χ1n) is 4.46. The lowest BCUT2D eigenvalue weighted by Gasteiger charge is -2.09. The molecule has 0 spiro atoms. The first-order valence-corrected chi connectivity index (χ1v) is 5.97. The van der Waals surface area contributed by atoms with E-state index >= 15 is 0 Å². The Morgan fingerprint density at radius 2 is 1.76 bits per heavy atom. The van der Waals surface area contributed by atoms with Crippen LogP contribution in [0.1, 0.15) is 0 Å². The van der Waals surface area contributed by atoms with Gasteiger partial charge in [0, 0.05) is 5.02 Å². The molecule has 2 rings (SSSR count). The molecule has 0 atom stereocenters. The van der Waals surface area contributed by atoms with Crippen LogP contribution in [-0.4, -0.2) is 9.97 Å². The molecule has 0 radical (unpaired) electrons. The second-order valence-electron chi connectivity index (χ2n) is 3.08. The highest BCUT2D eigenvalue weighted by molar-refractivity contribution is 6.37. The number of hydrogen-bond donors (Lipinski definition) is 1. The average molecular weight is 309 g/mol. The first kappa shape index (κ1) is 12.7. The van der Waals surface area contributed by atoms with E-state index in [4.69, 9.17) is 46.4 Å². The van der Waals surface area contributed by atoms with Crippen molar-refractivity contribution in [1.29, 1.82) is 0 Å². The number of halogens is 4. The van der Waals surface area contributed by atoms with Gasteiger partial charge in [-0.25, -0.2) is 4.98 Å². The van der Waals surface area contributed by atoms with E-state index in [0.29, 0.717) is 26.6 Å². The van der Waals surface area contributed by atoms with E-state index in [1.807, 2.05) is 0 Å². The summed E-state index contributed by atoms with van der Waals surface area (Å²) in [5, 5.41) is 4.41. The summed E-state index contributed by atoms with van der Waals surface area (Å²) >= 11 is 23.4. The molecule has 7 heteroatoms. The summed E-state index contributed by atoms with van der Waals surface area (Å²) in [7, 11) is 0. The molecular weight excluding hydrogens is 304 g/mol. The first-order chi connectivity index (χ1) is 8.06. The summed E-state index contributed by atoms with van der Waals surface area (Å²) < 4.78 is 0. The molecule has 0 fully saturated rings. The van der Waals surface area contributed by atoms with Crippen LogP contribution < -0.4 is 5.32 Å². The lowest BCUT2D eigenvalue weighted by molar-refractivity contribution is 1.17. The van der Waals surface area contributed by atoms with Crippen LogP contribution in [-0.2, 0) is 0 Å². The molecule has 0 bridgehead atoms. The van der Waals surface area contributed by atoms with Crippen LogP contribution in [0.4, 0.5) is 11.5 Å². The highest BCUT2D eigenvalue weighted by atomic mass is 35.5. The zero-order valence-corrected chi connectivity index (χ0v) is 11.2. The Morgan fingerprint density at radius 3 is 2.47 bits per heavy atom. The molecule has 0 unspecified atom stereocenters. The molecule has 1 aromatic heterocycles. The third-order valence-electron chi connectivity index (χ3n) is 1.90. The fourth-order valence-corrected chi connectivity index (χ4v) is 1.88. The molecule has 88 valence electrons. The van der Waals surface area contributed by atoms with Gasteiger partial charge in [0.2, 0.25) is 5.28 Å². The lowest BCUT2D eigenvalue weighted by Crippen LogP contribution is -1.96. The highest BCUT2D eigenvalue weighted by Gasteiger charge is 2.07. The third-order valence-corrected chi connectivity index (χ3v) is 2.91. The molecule has 0 saturated heterocycles. The van der Waals surface area contributed by atoms with E-state index in [1.165, 1.54) is 6.20 Å². The average Bonchev–Trinajstić information content (AvgIpc) is 2.27. The molecule has 2 aromatic rings. The van der Waals surface area contributed by atoms with E-state index in [1.54, 1.807) is 18.2 Å². The zero-order chi connectivity index (χ0) is 12.4. The Labute approximate surface area is 118 Å². The Bertz CT molecular complexity index is 559. The molecule has 3 nitrogen and oxygen atoms in total. The summed E-state index contributed by atoms with van der Waals surface area (Å²) in [6.45, 7) is 0. The monoisotopic (exact) mass is 307 g/mol. The van der Waals surface area contributed by atoms with Crippen molar-refractivity contribution in [1.82, 2.24) is 9.97 Å². The van der Waals surface area contributed by atoms with Gasteiger partial charge in [-0.15, -0.1) is 0 Å². The predicted octanol–water partition coefficient (Wildman–Crippen LogP) is 4.83. The summed E-state index contributed by atoms with van der Waals surface area (Å²) in [6, 6.07) is 5.03. The molecule has 0 saturated carbocycles. The predicted molar refractivity (Wildman–Crippen MR) is 71.8 cm³/mol. The van der Waals surface area contributed by atoms with Gasteiger partial charge in [0.15, 0.2) is 5.82 Å². The molecule has 0 amide bonds. The second-order valence-corrected chi connectivity index (χ2v) is 4.67. The smallest absolute Gasteiger partial charge is 0.224 e. The number of nitrogens with one attached hydrogen (secondary N) is 1. The van der Waals surface area contributed by atoms with Gasteiger partial charge in [-0.2, -0.15) is 4.98 Å². The van der Waals surface area contributed by atoms with E-state index < -0.39 is 0 Å². The Morgan fingerprint density at radius 1 is 1.00 bits per heavy atom. The van der Waals surface area contributed by atoms with Gasteiger partial charge in [0.05, 0.1) is 16.9 Å². The Kier molecular flexibility index (Phi) is 3.94. The fourth-order valence-electron chi connectivity index (χ4n) is 1.15. The van der Waals surface area contributed by atoms with Gasteiger partial charge in [-0.1, -0.05) is 34.8 Å². The van der Waals surface area contributed by atoms with Crippen molar-refractivity contribution in [2.24, 2.45) is 0 Å². The molecular formula is C10H5Cl4N3. The number of aromatic nitrogens is 2. The number of anilines is 2. The van der Waals surface area contributed by atoms with E-state index in [2.05, 4.69) is 15.3 Å². The van der Waals surface area contributed by atoms with Gasteiger partial charge in [0.1, 0.15) is 5.02 Å². The molecule has 0 aliphatic rings. The number of benzene rings is 1. The van der Waals surface area contributed by atoms with E-state index in [0.717, 1.165) is 0 Å². The standard InChI is InChI=1S/C10H5Cl4N3/c11-5-1-2-8(6(12)3-5)16-9-7(13)4-15-10(14)17-9/h1-4H,(H,15,16,17). The molecule has 1 N–H and O–H groups in total. The number of hydrogen-bond acceptors (Lipinski definition) is 3. The normalized spacial score (nSPS) is 10.4. The molecule has 1 aromatic carbocycles. The molecule has 17 heavy (non-hydrogen) atoms. The quantitative estimate of drug-likeness (QED) is 0.807. The van der Waals surface area contributed by atoms with Gasteiger partial charge in [-0.3, -0.25) is 0 Å². The summed E-state index contributed by atoms with van der Waals surface area (Å²) in [6.07, 6.45) is 1.41. The Balaban J connectivity index is 2.34. The SMILES string of the molecule is Clc1ccc(Nc2nc(Cl)ncc2Cl)c(Cl)c1. The van der Waals surface area contributed by atoms with Crippen LogP contribution in [0.15, 0.2) is 24.4 Å². The number of rotatable bonds is 2. The van der Waals surface area contributed by atoms with Crippen LogP contribution in [0.2, 0.25) is 20.4 Å². The van der Waals surface area contributed by atoms with E-state index in [9.17, 15) is 0 Å². The molecule has 1 heterocycles. The molecule has 0 aliphatic carbocycles. The van der Waals surface area contributed by atoms with Crippen molar-refractivity contribution in [2.45, 2.75) is 0 Å². The minimum absolute atomic E-state index is 0.0991. The van der Waals surface area contributed by atoms with Crippen LogP contribution >= 0.6 is 46.4 Å². The van der Waals surface area contributed by atoms with Crippen LogP contribution in [0.25, 0.3) is 0 Å². The van der Waals surface area contributed by atoms with Crippen LogP contribution in [0, 0.1) is 0 Å². The van der Waals surface area contributed by atoms with E-state index in [-0.39, 0.29) is 5.28 Å². The zero-order valence-electron chi connectivity index (χ0n) is 8.22. The van der Waals surface area contributed by atoms with Gasteiger partial charge in [-0.05, 0) is 29.8 Å². The maximum Gasteiger partial charge on any atom is 0.224 e. The topological polar surface area (TPSA) is 37.8 Å². The number of nitrogens with zero attached hydrogens (tertiary/aromatic N) is 2. The van der Waals surface area contributed by atoms with Crippen molar-refractivity contribution >= 4 is 57.9 Å². The van der Waals surface area contributed by atoms with Gasteiger partial charge < -0.3 is 5.32 Å². The van der Waals surface area contributed by atoms with Crippen molar-refractivity contribution in [3.8, 4) is 0 Å². The largest absolute Gasteiger partial charge is 0.338 e. The van der Waals surface area contributed by atoms with Crippen molar-refractivity contribution < 1.29 is 0 Å². The van der Waals surface area contributed by atoms with Crippen LogP contribution in [0.3, 0.4) is 0 Å². The van der Waals surface area contributed by atoms with Crippen molar-refractivity contribution in [3.63, 3.8) is 0 Å². The van der Waals surface area contributed by atoms with Gasteiger partial charge in [0.25, 0.3) is 0 Å². The van der Waals surface area contributed by atoms with Gasteiger partial charge >= 0.3 is 0 Å². The second kappa shape index (κ2) is 5.27. The lowest BCUT2D eigenvalue weighted by atomic mass is 10.3.